The minimum absolute atomic E-state index is 0.00393. The van der Waals surface area contributed by atoms with Crippen LogP contribution in [0.1, 0.15) is 28.2 Å². The van der Waals surface area contributed by atoms with Gasteiger partial charge >= 0.3 is 0 Å². The van der Waals surface area contributed by atoms with Crippen molar-refractivity contribution in [2.24, 2.45) is 7.05 Å². The van der Waals surface area contributed by atoms with Gasteiger partial charge in [0.25, 0.3) is 5.91 Å². The molecule has 6 nitrogen and oxygen atoms in total. The van der Waals surface area contributed by atoms with Crippen molar-refractivity contribution in [3.05, 3.63) is 34.6 Å². The van der Waals surface area contributed by atoms with E-state index in [1.165, 1.54) is 11.5 Å². The summed E-state index contributed by atoms with van der Waals surface area (Å²) in [5.74, 6) is -0.140. The van der Waals surface area contributed by atoms with Crippen LogP contribution in [-0.4, -0.2) is 50.3 Å². The average molecular weight is 337 g/mol. The van der Waals surface area contributed by atoms with Crippen molar-refractivity contribution in [1.82, 2.24) is 24.4 Å². The fourth-order valence-corrected chi connectivity index (χ4v) is 3.60. The molecule has 0 aliphatic carbocycles. The first-order chi connectivity index (χ1) is 11.0. The van der Waals surface area contributed by atoms with Crippen molar-refractivity contribution in [3.8, 4) is 0 Å². The fraction of sp³-hybridized carbons (Fsp3) is 0.533. The summed E-state index contributed by atoms with van der Waals surface area (Å²) in [6, 6.07) is 1.93. The Hall–Kier alpha value is -1.80. The number of halogens is 1. The molecule has 0 spiro atoms. The summed E-state index contributed by atoms with van der Waals surface area (Å²) in [6.45, 7) is 3.28. The highest BCUT2D eigenvalue weighted by atomic mass is 32.1. The molecular weight excluding hydrogens is 317 g/mol. The van der Waals surface area contributed by atoms with Crippen LogP contribution in [0.5, 0.6) is 0 Å². The molecule has 23 heavy (non-hydrogen) atoms. The first-order valence-corrected chi connectivity index (χ1v) is 8.42. The standard InChI is InChI=1S/C15H20FN5OS/c1-10-14(9-23-19-10)15(22)17-6-13-5-11(16)7-21(13)8-12-3-4-18-20(12)2/h3-4,9,11,13H,5-8H2,1-2H3,(H,17,22)/t11-,13-/m0/s1. The van der Waals surface area contributed by atoms with Gasteiger partial charge in [0, 0.05) is 44.3 Å². The van der Waals surface area contributed by atoms with Gasteiger partial charge < -0.3 is 5.32 Å². The van der Waals surface area contributed by atoms with Crippen molar-refractivity contribution in [3.63, 3.8) is 0 Å². The first kappa shape index (κ1) is 16.1. The van der Waals surface area contributed by atoms with E-state index in [4.69, 9.17) is 0 Å². The van der Waals surface area contributed by atoms with Crippen LogP contribution < -0.4 is 5.32 Å². The summed E-state index contributed by atoms with van der Waals surface area (Å²) in [5, 5.41) is 8.79. The third-order valence-corrected chi connectivity index (χ3v) is 4.98. The molecule has 3 rings (SSSR count). The summed E-state index contributed by atoms with van der Waals surface area (Å²) >= 11 is 1.27. The van der Waals surface area contributed by atoms with E-state index in [1.807, 2.05) is 20.0 Å². The Labute approximate surface area is 138 Å². The van der Waals surface area contributed by atoms with Gasteiger partial charge in [-0.1, -0.05) is 0 Å². The van der Waals surface area contributed by atoms with Crippen LogP contribution >= 0.6 is 11.5 Å². The predicted octanol–water partition coefficient (Wildman–Crippen LogP) is 1.53. The second kappa shape index (κ2) is 6.76. The number of nitrogens with zero attached hydrogens (tertiary/aromatic N) is 4. The maximum atomic E-state index is 13.8. The highest BCUT2D eigenvalue weighted by Crippen LogP contribution is 2.22. The van der Waals surface area contributed by atoms with E-state index >= 15 is 0 Å². The van der Waals surface area contributed by atoms with Crippen LogP contribution in [0.3, 0.4) is 0 Å². The Morgan fingerprint density at radius 3 is 3.04 bits per heavy atom. The van der Waals surface area contributed by atoms with Gasteiger partial charge in [0.15, 0.2) is 0 Å². The Balaban J connectivity index is 1.60. The topological polar surface area (TPSA) is 63.1 Å². The van der Waals surface area contributed by atoms with E-state index in [0.29, 0.717) is 31.6 Å². The lowest BCUT2D eigenvalue weighted by molar-refractivity contribution is 0.0939. The summed E-state index contributed by atoms with van der Waals surface area (Å²) in [5.41, 5.74) is 2.37. The quantitative estimate of drug-likeness (QED) is 0.899. The number of rotatable bonds is 5. The summed E-state index contributed by atoms with van der Waals surface area (Å²) in [6.07, 6.45) is 1.33. The normalized spacial score (nSPS) is 21.7. The lowest BCUT2D eigenvalue weighted by atomic mass is 10.2. The van der Waals surface area contributed by atoms with Gasteiger partial charge in [-0.25, -0.2) is 4.39 Å². The summed E-state index contributed by atoms with van der Waals surface area (Å²) < 4.78 is 19.7. The molecule has 8 heteroatoms. The average Bonchev–Trinajstić information content (AvgIpc) is 3.19. The predicted molar refractivity (Wildman–Crippen MR) is 86.1 cm³/mol. The molecule has 2 atom stereocenters. The van der Waals surface area contributed by atoms with E-state index in [-0.39, 0.29) is 11.9 Å². The molecule has 3 heterocycles. The number of likely N-dealkylation sites (tertiary alicyclic amines) is 1. The number of aryl methyl sites for hydroxylation is 2. The Morgan fingerprint density at radius 1 is 1.57 bits per heavy atom. The smallest absolute Gasteiger partial charge is 0.254 e. The molecule has 1 aliphatic heterocycles. The third-order valence-electron chi connectivity index (χ3n) is 4.26. The molecule has 0 saturated carbocycles. The van der Waals surface area contributed by atoms with Crippen molar-refractivity contribution < 1.29 is 9.18 Å². The lowest BCUT2D eigenvalue weighted by Gasteiger charge is -2.24. The fourth-order valence-electron chi connectivity index (χ4n) is 2.91. The molecule has 0 bridgehead atoms. The van der Waals surface area contributed by atoms with Gasteiger partial charge in [-0.05, 0) is 30.9 Å². The van der Waals surface area contributed by atoms with E-state index < -0.39 is 6.17 Å². The van der Waals surface area contributed by atoms with Crippen LogP contribution in [0.2, 0.25) is 0 Å². The lowest BCUT2D eigenvalue weighted by Crippen LogP contribution is -2.40. The molecule has 0 unspecified atom stereocenters. The molecular formula is C15H20FN5OS. The minimum atomic E-state index is -0.852. The van der Waals surface area contributed by atoms with Crippen LogP contribution in [-0.2, 0) is 13.6 Å². The van der Waals surface area contributed by atoms with Crippen molar-refractivity contribution >= 4 is 17.4 Å². The number of amides is 1. The number of carbonyl (C=O) groups is 1. The van der Waals surface area contributed by atoms with Crippen LogP contribution in [0.4, 0.5) is 4.39 Å². The number of alkyl halides is 1. The number of carbonyl (C=O) groups excluding carboxylic acids is 1. The highest BCUT2D eigenvalue weighted by Gasteiger charge is 2.32. The Kier molecular flexibility index (Phi) is 4.72. The molecule has 1 aliphatic rings. The monoisotopic (exact) mass is 337 g/mol. The molecule has 2 aromatic rings. The number of hydrogen-bond donors (Lipinski definition) is 1. The number of nitrogens with one attached hydrogen (secondary N) is 1. The molecule has 1 amide bonds. The molecule has 0 aromatic carbocycles. The van der Waals surface area contributed by atoms with Gasteiger partial charge in [0.1, 0.15) is 6.17 Å². The first-order valence-electron chi connectivity index (χ1n) is 7.58. The molecule has 1 fully saturated rings. The molecule has 0 radical (unpaired) electrons. The molecule has 124 valence electrons. The van der Waals surface area contributed by atoms with Crippen LogP contribution in [0.25, 0.3) is 0 Å². The van der Waals surface area contributed by atoms with Crippen molar-refractivity contribution in [1.29, 1.82) is 0 Å². The number of hydrogen-bond acceptors (Lipinski definition) is 5. The van der Waals surface area contributed by atoms with Crippen LogP contribution in [0.15, 0.2) is 17.6 Å². The van der Waals surface area contributed by atoms with E-state index in [2.05, 4.69) is 19.7 Å². The maximum Gasteiger partial charge on any atom is 0.254 e. The van der Waals surface area contributed by atoms with Crippen molar-refractivity contribution in [2.75, 3.05) is 13.1 Å². The van der Waals surface area contributed by atoms with Gasteiger partial charge in [0.2, 0.25) is 0 Å². The second-order valence-corrected chi connectivity index (χ2v) is 6.52. The number of aromatic nitrogens is 3. The molecule has 1 saturated heterocycles. The Bertz CT molecular complexity index is 685. The van der Waals surface area contributed by atoms with Gasteiger partial charge in [-0.2, -0.15) is 9.47 Å². The van der Waals surface area contributed by atoms with Crippen LogP contribution in [0, 0.1) is 6.92 Å². The zero-order valence-electron chi connectivity index (χ0n) is 13.2. The van der Waals surface area contributed by atoms with E-state index in [0.717, 1.165) is 11.4 Å². The van der Waals surface area contributed by atoms with E-state index in [1.54, 1.807) is 16.3 Å². The summed E-state index contributed by atoms with van der Waals surface area (Å²) in [7, 11) is 1.88. The SMILES string of the molecule is Cc1nscc1C(=O)NC[C@@H]1C[C@H](F)CN1Cc1ccnn1C. The third kappa shape index (κ3) is 3.59. The zero-order valence-corrected chi connectivity index (χ0v) is 14.0. The largest absolute Gasteiger partial charge is 0.350 e. The zero-order chi connectivity index (χ0) is 16.4. The van der Waals surface area contributed by atoms with Gasteiger partial charge in [-0.3, -0.25) is 14.4 Å². The Morgan fingerprint density at radius 2 is 2.39 bits per heavy atom. The van der Waals surface area contributed by atoms with Gasteiger partial charge in [0.05, 0.1) is 17.0 Å². The van der Waals surface area contributed by atoms with Crippen molar-refractivity contribution in [2.45, 2.75) is 32.1 Å². The maximum absolute atomic E-state index is 13.8. The highest BCUT2D eigenvalue weighted by molar-refractivity contribution is 7.03. The van der Waals surface area contributed by atoms with Gasteiger partial charge in [-0.15, -0.1) is 0 Å². The summed E-state index contributed by atoms with van der Waals surface area (Å²) in [4.78, 5) is 14.2. The molecule has 2 aromatic heterocycles. The molecule has 1 N–H and O–H groups in total. The van der Waals surface area contributed by atoms with E-state index in [9.17, 15) is 9.18 Å². The minimum Gasteiger partial charge on any atom is -0.350 e. The second-order valence-electron chi connectivity index (χ2n) is 5.89.